The highest BCUT2D eigenvalue weighted by Crippen LogP contribution is 2.23. The van der Waals surface area contributed by atoms with Gasteiger partial charge in [-0.05, 0) is 37.5 Å². The van der Waals surface area contributed by atoms with E-state index in [9.17, 15) is 14.0 Å². The highest BCUT2D eigenvalue weighted by molar-refractivity contribution is 5.83. The molecule has 1 aliphatic heterocycles. The van der Waals surface area contributed by atoms with Crippen LogP contribution >= 0.6 is 0 Å². The zero-order valence-electron chi connectivity index (χ0n) is 12.5. The van der Waals surface area contributed by atoms with E-state index < -0.39 is 5.97 Å². The lowest BCUT2D eigenvalue weighted by molar-refractivity contribution is -0.149. The quantitative estimate of drug-likeness (QED) is 0.904. The number of carboxylic acids is 1. The average molecular weight is 309 g/mol. The number of aliphatic carboxylic acids is 1. The molecule has 0 aliphatic carbocycles. The number of hydrogen-bond acceptors (Lipinski definition) is 3. The molecule has 1 saturated heterocycles. The van der Waals surface area contributed by atoms with Gasteiger partial charge in [-0.3, -0.25) is 9.59 Å². The van der Waals surface area contributed by atoms with Gasteiger partial charge in [-0.2, -0.15) is 0 Å². The molecular formula is C16H20FNO4. The number of amides is 1. The normalized spacial score (nSPS) is 21.4. The van der Waals surface area contributed by atoms with E-state index in [1.807, 2.05) is 6.92 Å². The first-order chi connectivity index (χ1) is 10.5. The number of rotatable bonds is 5. The summed E-state index contributed by atoms with van der Waals surface area (Å²) in [7, 11) is 0. The Morgan fingerprint density at radius 1 is 1.36 bits per heavy atom. The van der Waals surface area contributed by atoms with Gasteiger partial charge >= 0.3 is 5.97 Å². The zero-order valence-corrected chi connectivity index (χ0v) is 12.5. The van der Waals surface area contributed by atoms with Crippen LogP contribution in [0.15, 0.2) is 24.3 Å². The van der Waals surface area contributed by atoms with Crippen LogP contribution in [-0.2, 0) is 20.9 Å². The monoisotopic (exact) mass is 309 g/mol. The van der Waals surface area contributed by atoms with Crippen molar-refractivity contribution >= 4 is 11.9 Å². The number of carboxylic acid groups (broad SMARTS) is 1. The molecular weight excluding hydrogens is 289 g/mol. The maximum Gasteiger partial charge on any atom is 0.323 e. The van der Waals surface area contributed by atoms with Crippen LogP contribution in [0.3, 0.4) is 0 Å². The topological polar surface area (TPSA) is 66.8 Å². The molecule has 1 heterocycles. The lowest BCUT2D eigenvalue weighted by Gasteiger charge is -2.31. The third kappa shape index (κ3) is 4.53. The molecule has 1 aromatic carbocycles. The predicted molar refractivity (Wildman–Crippen MR) is 77.6 cm³/mol. The Kier molecular flexibility index (Phi) is 5.49. The summed E-state index contributed by atoms with van der Waals surface area (Å²) in [5.74, 6) is -1.82. The number of halogens is 1. The van der Waals surface area contributed by atoms with Gasteiger partial charge in [0.25, 0.3) is 0 Å². The van der Waals surface area contributed by atoms with Gasteiger partial charge in [-0.25, -0.2) is 4.39 Å². The summed E-state index contributed by atoms with van der Waals surface area (Å²) in [4.78, 5) is 24.9. The number of ether oxygens (including phenoxy) is 1. The SMILES string of the molecule is C[C@@H]1C[C@@H](C(=O)N(CC(=O)O)Cc2ccc(F)cc2)CCO1. The highest BCUT2D eigenvalue weighted by Gasteiger charge is 2.30. The summed E-state index contributed by atoms with van der Waals surface area (Å²) >= 11 is 0. The third-order valence-corrected chi connectivity index (χ3v) is 3.76. The molecule has 1 amide bonds. The first kappa shape index (κ1) is 16.4. The first-order valence-corrected chi connectivity index (χ1v) is 7.32. The summed E-state index contributed by atoms with van der Waals surface area (Å²) in [6, 6.07) is 5.72. The van der Waals surface area contributed by atoms with Crippen molar-refractivity contribution in [2.24, 2.45) is 5.92 Å². The molecule has 1 N–H and O–H groups in total. The van der Waals surface area contributed by atoms with Gasteiger partial charge in [0.15, 0.2) is 0 Å². The summed E-state index contributed by atoms with van der Waals surface area (Å²) in [6.45, 7) is 2.22. The molecule has 1 aromatic rings. The molecule has 0 aromatic heterocycles. The summed E-state index contributed by atoms with van der Waals surface area (Å²) in [5, 5.41) is 9.03. The molecule has 0 unspecified atom stereocenters. The molecule has 1 aliphatic rings. The minimum atomic E-state index is -1.06. The van der Waals surface area contributed by atoms with E-state index in [4.69, 9.17) is 9.84 Å². The highest BCUT2D eigenvalue weighted by atomic mass is 19.1. The fourth-order valence-corrected chi connectivity index (χ4v) is 2.67. The molecule has 120 valence electrons. The second-order valence-electron chi connectivity index (χ2n) is 5.62. The third-order valence-electron chi connectivity index (χ3n) is 3.76. The lowest BCUT2D eigenvalue weighted by Crippen LogP contribution is -2.42. The number of benzene rings is 1. The van der Waals surface area contributed by atoms with Crippen LogP contribution < -0.4 is 0 Å². The minimum Gasteiger partial charge on any atom is -0.480 e. The van der Waals surface area contributed by atoms with Crippen molar-refractivity contribution in [3.05, 3.63) is 35.6 Å². The Morgan fingerprint density at radius 3 is 2.64 bits per heavy atom. The molecule has 22 heavy (non-hydrogen) atoms. The van der Waals surface area contributed by atoms with Gasteiger partial charge in [-0.15, -0.1) is 0 Å². The second kappa shape index (κ2) is 7.35. The lowest BCUT2D eigenvalue weighted by atomic mass is 9.94. The standard InChI is InChI=1S/C16H20FNO4/c1-11-8-13(6-7-22-11)16(21)18(10-15(19)20)9-12-2-4-14(17)5-3-12/h2-5,11,13H,6-10H2,1H3,(H,19,20)/t11-,13+/m1/s1. The van der Waals surface area contributed by atoms with E-state index in [-0.39, 0.29) is 36.8 Å². The van der Waals surface area contributed by atoms with Gasteiger partial charge in [-0.1, -0.05) is 12.1 Å². The van der Waals surface area contributed by atoms with Crippen molar-refractivity contribution in [1.29, 1.82) is 0 Å². The number of hydrogen-bond donors (Lipinski definition) is 1. The largest absolute Gasteiger partial charge is 0.480 e. The van der Waals surface area contributed by atoms with E-state index in [0.29, 0.717) is 25.0 Å². The van der Waals surface area contributed by atoms with Crippen LogP contribution in [0.1, 0.15) is 25.3 Å². The van der Waals surface area contributed by atoms with Crippen LogP contribution in [0.25, 0.3) is 0 Å². The predicted octanol–water partition coefficient (Wildman–Crippen LogP) is 2.05. The number of carbonyl (C=O) groups excluding carboxylic acids is 1. The van der Waals surface area contributed by atoms with E-state index in [0.717, 1.165) is 0 Å². The smallest absolute Gasteiger partial charge is 0.323 e. The molecule has 2 rings (SSSR count). The van der Waals surface area contributed by atoms with Gasteiger partial charge in [0.05, 0.1) is 6.10 Å². The molecule has 0 radical (unpaired) electrons. The van der Waals surface area contributed by atoms with E-state index in [2.05, 4.69) is 0 Å². The molecule has 0 spiro atoms. The Morgan fingerprint density at radius 2 is 2.05 bits per heavy atom. The van der Waals surface area contributed by atoms with Crippen LogP contribution in [0, 0.1) is 11.7 Å². The summed E-state index contributed by atoms with van der Waals surface area (Å²) in [6.07, 6.45) is 1.20. The maximum atomic E-state index is 12.9. The fraction of sp³-hybridized carbons (Fsp3) is 0.500. The van der Waals surface area contributed by atoms with Crippen molar-refractivity contribution in [2.45, 2.75) is 32.4 Å². The molecule has 6 heteroatoms. The van der Waals surface area contributed by atoms with Gasteiger partial charge in [0, 0.05) is 19.1 Å². The maximum absolute atomic E-state index is 12.9. The van der Waals surface area contributed by atoms with Gasteiger partial charge < -0.3 is 14.7 Å². The van der Waals surface area contributed by atoms with Gasteiger partial charge in [0.1, 0.15) is 12.4 Å². The van der Waals surface area contributed by atoms with Crippen LogP contribution in [0.2, 0.25) is 0 Å². The fourth-order valence-electron chi connectivity index (χ4n) is 2.67. The molecule has 1 fully saturated rings. The van der Waals surface area contributed by atoms with Crippen LogP contribution in [0.5, 0.6) is 0 Å². The summed E-state index contributed by atoms with van der Waals surface area (Å²) < 4.78 is 18.4. The molecule has 0 bridgehead atoms. The van der Waals surface area contributed by atoms with E-state index in [1.165, 1.54) is 17.0 Å². The number of nitrogens with zero attached hydrogens (tertiary/aromatic N) is 1. The Balaban J connectivity index is 2.09. The Hall–Kier alpha value is -1.95. The van der Waals surface area contributed by atoms with E-state index >= 15 is 0 Å². The molecule has 2 atom stereocenters. The molecule has 0 saturated carbocycles. The van der Waals surface area contributed by atoms with Gasteiger partial charge in [0.2, 0.25) is 5.91 Å². The minimum absolute atomic E-state index is 0.000184. The average Bonchev–Trinajstić information content (AvgIpc) is 2.47. The molecule has 5 nitrogen and oxygen atoms in total. The van der Waals surface area contributed by atoms with Crippen molar-refractivity contribution in [3.63, 3.8) is 0 Å². The Labute approximate surface area is 128 Å². The first-order valence-electron chi connectivity index (χ1n) is 7.32. The Bertz CT molecular complexity index is 531. The van der Waals surface area contributed by atoms with Crippen LogP contribution in [-0.4, -0.2) is 41.1 Å². The summed E-state index contributed by atoms with van der Waals surface area (Å²) in [5.41, 5.74) is 0.705. The zero-order chi connectivity index (χ0) is 16.1. The van der Waals surface area contributed by atoms with Crippen molar-refractivity contribution in [3.8, 4) is 0 Å². The van der Waals surface area contributed by atoms with Crippen LogP contribution in [0.4, 0.5) is 4.39 Å². The van der Waals surface area contributed by atoms with E-state index in [1.54, 1.807) is 12.1 Å². The van der Waals surface area contributed by atoms with Crippen molar-refractivity contribution in [2.75, 3.05) is 13.2 Å². The number of carbonyl (C=O) groups is 2. The van der Waals surface area contributed by atoms with Crippen molar-refractivity contribution < 1.29 is 23.8 Å². The second-order valence-corrected chi connectivity index (χ2v) is 5.62. The van der Waals surface area contributed by atoms with Crippen molar-refractivity contribution in [1.82, 2.24) is 4.90 Å².